The summed E-state index contributed by atoms with van der Waals surface area (Å²) in [4.78, 5) is 11.7. The van der Waals surface area contributed by atoms with Gasteiger partial charge in [-0.2, -0.15) is 0 Å². The van der Waals surface area contributed by atoms with Crippen molar-refractivity contribution < 1.29 is 14.3 Å². The first-order valence-corrected chi connectivity index (χ1v) is 7.08. The van der Waals surface area contributed by atoms with Gasteiger partial charge in [-0.15, -0.1) is 0 Å². The molecule has 0 aliphatic carbocycles. The SMILES string of the molecule is CC(C)C(=O)NCC(C)(C)c1ccc2c(c1)OCCO2. The van der Waals surface area contributed by atoms with Gasteiger partial charge in [-0.1, -0.05) is 33.8 Å². The van der Waals surface area contributed by atoms with Crippen molar-refractivity contribution in [2.24, 2.45) is 5.92 Å². The van der Waals surface area contributed by atoms with Crippen LogP contribution in [0.2, 0.25) is 0 Å². The molecule has 1 amide bonds. The molecular weight excluding hydrogens is 254 g/mol. The van der Waals surface area contributed by atoms with Gasteiger partial charge in [0.05, 0.1) is 0 Å². The van der Waals surface area contributed by atoms with E-state index in [0.29, 0.717) is 19.8 Å². The zero-order valence-electron chi connectivity index (χ0n) is 12.7. The standard InChI is InChI=1S/C16H23NO3/c1-11(2)15(18)17-10-16(3,4)12-5-6-13-14(9-12)20-8-7-19-13/h5-6,9,11H,7-8,10H2,1-4H3,(H,17,18). The summed E-state index contributed by atoms with van der Waals surface area (Å²) in [6.07, 6.45) is 0. The van der Waals surface area contributed by atoms with E-state index < -0.39 is 0 Å². The first kappa shape index (κ1) is 14.7. The summed E-state index contributed by atoms with van der Waals surface area (Å²) in [6, 6.07) is 5.99. The van der Waals surface area contributed by atoms with Gasteiger partial charge < -0.3 is 14.8 Å². The van der Waals surface area contributed by atoms with E-state index in [-0.39, 0.29) is 17.2 Å². The minimum Gasteiger partial charge on any atom is -0.486 e. The van der Waals surface area contributed by atoms with E-state index in [1.807, 2.05) is 32.0 Å². The fourth-order valence-electron chi connectivity index (χ4n) is 2.08. The predicted octanol–water partition coefficient (Wildman–Crippen LogP) is 2.51. The molecule has 110 valence electrons. The van der Waals surface area contributed by atoms with Crippen LogP contribution in [0.5, 0.6) is 11.5 Å². The number of amides is 1. The van der Waals surface area contributed by atoms with Crippen LogP contribution in [0, 0.1) is 5.92 Å². The molecule has 4 nitrogen and oxygen atoms in total. The molecule has 0 bridgehead atoms. The quantitative estimate of drug-likeness (QED) is 0.920. The summed E-state index contributed by atoms with van der Waals surface area (Å²) in [5.74, 6) is 1.67. The average molecular weight is 277 g/mol. The Balaban J connectivity index is 2.10. The normalized spacial score (nSPS) is 14.2. The number of benzene rings is 1. The number of nitrogens with one attached hydrogen (secondary N) is 1. The third kappa shape index (κ3) is 3.24. The summed E-state index contributed by atoms with van der Waals surface area (Å²) < 4.78 is 11.1. The first-order valence-electron chi connectivity index (χ1n) is 7.08. The highest BCUT2D eigenvalue weighted by Crippen LogP contribution is 2.34. The molecule has 1 aliphatic rings. The van der Waals surface area contributed by atoms with Gasteiger partial charge in [0, 0.05) is 17.9 Å². The van der Waals surface area contributed by atoms with E-state index in [0.717, 1.165) is 17.1 Å². The molecule has 0 aromatic heterocycles. The summed E-state index contributed by atoms with van der Waals surface area (Å²) in [5.41, 5.74) is 0.978. The number of hydrogen-bond acceptors (Lipinski definition) is 3. The maximum atomic E-state index is 11.7. The molecule has 1 aromatic carbocycles. The van der Waals surface area contributed by atoms with Crippen molar-refractivity contribution in [3.05, 3.63) is 23.8 Å². The highest BCUT2D eigenvalue weighted by molar-refractivity contribution is 5.77. The fourth-order valence-corrected chi connectivity index (χ4v) is 2.08. The lowest BCUT2D eigenvalue weighted by molar-refractivity contribution is -0.124. The third-order valence-electron chi connectivity index (χ3n) is 3.55. The van der Waals surface area contributed by atoms with Gasteiger partial charge in [-0.05, 0) is 17.7 Å². The molecule has 1 aliphatic heterocycles. The zero-order chi connectivity index (χ0) is 14.8. The largest absolute Gasteiger partial charge is 0.486 e. The Labute approximate surface area is 120 Å². The Kier molecular flexibility index (Phi) is 4.21. The smallest absolute Gasteiger partial charge is 0.222 e. The lowest BCUT2D eigenvalue weighted by atomic mass is 9.84. The second-order valence-corrected chi connectivity index (χ2v) is 6.11. The van der Waals surface area contributed by atoms with Crippen molar-refractivity contribution >= 4 is 5.91 Å². The fraction of sp³-hybridized carbons (Fsp3) is 0.562. The van der Waals surface area contributed by atoms with Crippen LogP contribution in [-0.2, 0) is 10.2 Å². The number of fused-ring (bicyclic) bond motifs is 1. The second-order valence-electron chi connectivity index (χ2n) is 6.11. The zero-order valence-corrected chi connectivity index (χ0v) is 12.7. The lowest BCUT2D eigenvalue weighted by Crippen LogP contribution is -2.38. The van der Waals surface area contributed by atoms with Crippen LogP contribution >= 0.6 is 0 Å². The van der Waals surface area contributed by atoms with Crippen LogP contribution in [-0.4, -0.2) is 25.7 Å². The number of ether oxygens (including phenoxy) is 2. The minimum absolute atomic E-state index is 0.00562. The monoisotopic (exact) mass is 277 g/mol. The molecule has 0 saturated carbocycles. The van der Waals surface area contributed by atoms with E-state index in [2.05, 4.69) is 19.2 Å². The van der Waals surface area contributed by atoms with E-state index in [9.17, 15) is 4.79 Å². The van der Waals surface area contributed by atoms with Gasteiger partial charge in [0.2, 0.25) is 5.91 Å². The molecular formula is C16H23NO3. The Bertz CT molecular complexity index is 494. The molecule has 20 heavy (non-hydrogen) atoms. The molecule has 1 N–H and O–H groups in total. The van der Waals surface area contributed by atoms with Gasteiger partial charge in [0.25, 0.3) is 0 Å². The van der Waals surface area contributed by atoms with Crippen molar-refractivity contribution in [2.45, 2.75) is 33.1 Å². The number of carbonyl (C=O) groups is 1. The molecule has 0 atom stereocenters. The van der Waals surface area contributed by atoms with E-state index >= 15 is 0 Å². The molecule has 4 heteroatoms. The predicted molar refractivity (Wildman–Crippen MR) is 78.3 cm³/mol. The molecule has 0 unspecified atom stereocenters. The van der Waals surface area contributed by atoms with Crippen LogP contribution in [0.4, 0.5) is 0 Å². The number of carbonyl (C=O) groups excluding carboxylic acids is 1. The van der Waals surface area contributed by atoms with Crippen molar-refractivity contribution in [3.8, 4) is 11.5 Å². The van der Waals surface area contributed by atoms with Gasteiger partial charge in [-0.3, -0.25) is 4.79 Å². The highest BCUT2D eigenvalue weighted by Gasteiger charge is 2.24. The van der Waals surface area contributed by atoms with Crippen molar-refractivity contribution in [1.82, 2.24) is 5.32 Å². The molecule has 0 saturated heterocycles. The third-order valence-corrected chi connectivity index (χ3v) is 3.55. The molecule has 1 heterocycles. The molecule has 2 rings (SSSR count). The molecule has 0 fully saturated rings. The van der Waals surface area contributed by atoms with Gasteiger partial charge >= 0.3 is 0 Å². The lowest BCUT2D eigenvalue weighted by Gasteiger charge is -2.28. The second kappa shape index (κ2) is 5.73. The van der Waals surface area contributed by atoms with E-state index in [1.54, 1.807) is 0 Å². The summed E-state index contributed by atoms with van der Waals surface area (Å²) in [7, 11) is 0. The number of rotatable bonds is 4. The van der Waals surface area contributed by atoms with Gasteiger partial charge in [0.15, 0.2) is 11.5 Å². The van der Waals surface area contributed by atoms with Crippen LogP contribution in [0.1, 0.15) is 33.3 Å². The summed E-state index contributed by atoms with van der Waals surface area (Å²) >= 11 is 0. The summed E-state index contributed by atoms with van der Waals surface area (Å²) in [6.45, 7) is 9.79. The Hall–Kier alpha value is -1.71. The molecule has 0 spiro atoms. The van der Waals surface area contributed by atoms with E-state index in [4.69, 9.17) is 9.47 Å². The Morgan fingerprint density at radius 2 is 1.90 bits per heavy atom. The van der Waals surface area contributed by atoms with Crippen molar-refractivity contribution in [1.29, 1.82) is 0 Å². The highest BCUT2D eigenvalue weighted by atomic mass is 16.6. The topological polar surface area (TPSA) is 47.6 Å². The molecule has 0 radical (unpaired) electrons. The van der Waals surface area contributed by atoms with Crippen LogP contribution in [0.25, 0.3) is 0 Å². The van der Waals surface area contributed by atoms with Crippen LogP contribution in [0.3, 0.4) is 0 Å². The van der Waals surface area contributed by atoms with Crippen LogP contribution in [0.15, 0.2) is 18.2 Å². The maximum Gasteiger partial charge on any atom is 0.222 e. The van der Waals surface area contributed by atoms with Gasteiger partial charge in [-0.25, -0.2) is 0 Å². The first-order chi connectivity index (χ1) is 9.40. The van der Waals surface area contributed by atoms with Gasteiger partial charge in [0.1, 0.15) is 13.2 Å². The minimum atomic E-state index is -0.152. The van der Waals surface area contributed by atoms with Crippen LogP contribution < -0.4 is 14.8 Å². The maximum absolute atomic E-state index is 11.7. The number of hydrogen-bond donors (Lipinski definition) is 1. The Morgan fingerprint density at radius 1 is 1.25 bits per heavy atom. The average Bonchev–Trinajstić information content (AvgIpc) is 2.44. The summed E-state index contributed by atoms with van der Waals surface area (Å²) in [5, 5.41) is 2.99. The Morgan fingerprint density at radius 3 is 2.55 bits per heavy atom. The van der Waals surface area contributed by atoms with E-state index in [1.165, 1.54) is 0 Å². The van der Waals surface area contributed by atoms with Crippen molar-refractivity contribution in [2.75, 3.05) is 19.8 Å². The van der Waals surface area contributed by atoms with Crippen molar-refractivity contribution in [3.63, 3.8) is 0 Å². The molecule has 1 aromatic rings.